The van der Waals surface area contributed by atoms with E-state index in [1.165, 1.54) is 64.2 Å². The zero-order valence-corrected chi connectivity index (χ0v) is 23.3. The molecule has 0 fully saturated rings. The molecule has 0 aliphatic heterocycles. The quantitative estimate of drug-likeness (QED) is 0.130. The number of hydrogen-bond acceptors (Lipinski definition) is 5. The van der Waals surface area contributed by atoms with Crippen molar-refractivity contribution in [2.24, 2.45) is 5.73 Å². The molecule has 0 bridgehead atoms. The molecule has 1 atom stereocenters. The third kappa shape index (κ3) is 31.0. The fraction of sp³-hybridized carbons (Fsp3) is 0.952. The van der Waals surface area contributed by atoms with Gasteiger partial charge in [-0.25, -0.2) is 0 Å². The molecule has 176 valence electrons. The summed E-state index contributed by atoms with van der Waals surface area (Å²) in [5.74, 6) is 1.36. The molecule has 0 saturated carbocycles. The van der Waals surface area contributed by atoms with Crippen molar-refractivity contribution in [1.82, 2.24) is 5.32 Å². The van der Waals surface area contributed by atoms with Crippen molar-refractivity contribution in [3.63, 3.8) is 0 Å². The van der Waals surface area contributed by atoms with Crippen LogP contribution in [0.2, 0.25) is 0 Å². The fourth-order valence-corrected chi connectivity index (χ4v) is 4.37. The average Bonchev–Trinajstić information content (AvgIpc) is 2.70. The zero-order chi connectivity index (χ0) is 21.3. The van der Waals surface area contributed by atoms with Crippen LogP contribution in [-0.4, -0.2) is 48.3 Å². The first-order valence-electron chi connectivity index (χ1n) is 11.2. The van der Waals surface area contributed by atoms with Crippen molar-refractivity contribution >= 4 is 27.5 Å². The molecule has 0 aromatic heterocycles. The smallest absolute Gasteiger partial charge is 0.237 e. The van der Waals surface area contributed by atoms with Crippen LogP contribution in [-0.2, 0) is 25.9 Å². The maximum atomic E-state index is 11.6. The topological polar surface area (TPSA) is 99.2 Å². The van der Waals surface area contributed by atoms with Gasteiger partial charge in [-0.2, -0.15) is 0 Å². The second-order valence-electron chi connectivity index (χ2n) is 7.01. The number of nitrogens with one attached hydrogen (secondary N) is 2. The molecule has 5 nitrogen and oxygen atoms in total. The van der Waals surface area contributed by atoms with Gasteiger partial charge in [-0.1, -0.05) is 99.6 Å². The Morgan fingerprint density at radius 3 is 1.97 bits per heavy atom. The van der Waals surface area contributed by atoms with Gasteiger partial charge in [-0.15, -0.1) is 6.54 Å². The van der Waals surface area contributed by atoms with E-state index < -0.39 is 6.04 Å². The van der Waals surface area contributed by atoms with E-state index in [1.54, 1.807) is 21.6 Å². The standard InChI is InChI=1S/C13H28N3OS2.C8H18O.W/c1-2-3-4-5-6-7-9-16-13(17)12(15)11-19-18-10-8-14;1-2-3-4-5-6-7-8-9;/h12,14H,2-11,15H2,1H3,(H,16,17);9H,2-8H2,1H3;/q-1;;. The molecule has 1 unspecified atom stereocenters. The van der Waals surface area contributed by atoms with Crippen LogP contribution >= 0.6 is 21.6 Å². The molecular formula is C21H46N3O2S2W-. The number of carbonyl (C=O) groups excluding carboxylic acids is 1. The molecule has 0 aliphatic carbocycles. The summed E-state index contributed by atoms with van der Waals surface area (Å²) in [4.78, 5) is 11.6. The van der Waals surface area contributed by atoms with E-state index in [-0.39, 0.29) is 27.0 Å². The molecular weight excluding hydrogens is 574 g/mol. The normalized spacial score (nSPS) is 11.2. The van der Waals surface area contributed by atoms with Crippen LogP contribution in [0.3, 0.4) is 0 Å². The third-order valence-corrected chi connectivity index (χ3v) is 6.64. The minimum atomic E-state index is -0.427. The Morgan fingerprint density at radius 1 is 0.931 bits per heavy atom. The van der Waals surface area contributed by atoms with Gasteiger partial charge in [0.15, 0.2) is 0 Å². The van der Waals surface area contributed by atoms with E-state index in [1.807, 2.05) is 0 Å². The number of carbonyl (C=O) groups is 1. The van der Waals surface area contributed by atoms with Crippen LogP contribution in [0.4, 0.5) is 0 Å². The summed E-state index contributed by atoms with van der Waals surface area (Å²) in [6.45, 7) is 5.94. The summed E-state index contributed by atoms with van der Waals surface area (Å²) in [5.41, 5.74) is 12.8. The van der Waals surface area contributed by atoms with Gasteiger partial charge in [-0.05, 0) is 18.6 Å². The number of rotatable bonds is 19. The van der Waals surface area contributed by atoms with Crippen LogP contribution in [0.5, 0.6) is 0 Å². The molecule has 0 aromatic rings. The Kier molecular flexibility index (Phi) is 36.6. The maximum absolute atomic E-state index is 11.6. The molecule has 0 spiro atoms. The molecule has 5 N–H and O–H groups in total. The Hall–Kier alpha value is 0.738. The summed E-state index contributed by atoms with van der Waals surface area (Å²) in [6, 6.07) is -0.427. The number of nitrogens with two attached hydrogens (primary N) is 1. The predicted molar refractivity (Wildman–Crippen MR) is 129 cm³/mol. The van der Waals surface area contributed by atoms with E-state index in [0.717, 1.165) is 25.1 Å². The Morgan fingerprint density at radius 2 is 1.45 bits per heavy atom. The van der Waals surface area contributed by atoms with E-state index in [4.69, 9.17) is 16.6 Å². The molecule has 8 heteroatoms. The van der Waals surface area contributed by atoms with Crippen molar-refractivity contribution in [3.8, 4) is 0 Å². The van der Waals surface area contributed by atoms with Gasteiger partial charge in [0.2, 0.25) is 5.91 Å². The Balaban J connectivity index is -0.000000572. The van der Waals surface area contributed by atoms with E-state index >= 15 is 0 Å². The summed E-state index contributed by atoms with van der Waals surface area (Å²) in [6.07, 6.45) is 14.9. The van der Waals surface area contributed by atoms with Crippen LogP contribution < -0.4 is 11.1 Å². The van der Waals surface area contributed by atoms with E-state index in [0.29, 0.717) is 18.9 Å². The number of unbranched alkanes of at least 4 members (excludes halogenated alkanes) is 10. The zero-order valence-electron chi connectivity index (χ0n) is 18.8. The largest absolute Gasteiger partial charge is 0.677 e. The van der Waals surface area contributed by atoms with Crippen LogP contribution in [0, 0.1) is 0 Å². The molecule has 0 rings (SSSR count). The number of hydrogen-bond donors (Lipinski definition) is 3. The second kappa shape index (κ2) is 30.9. The summed E-state index contributed by atoms with van der Waals surface area (Å²) < 4.78 is 0. The van der Waals surface area contributed by atoms with Crippen molar-refractivity contribution < 1.29 is 31.0 Å². The van der Waals surface area contributed by atoms with Gasteiger partial charge in [0.05, 0.1) is 6.04 Å². The molecule has 0 aromatic carbocycles. The van der Waals surface area contributed by atoms with Gasteiger partial charge in [-0.3, -0.25) is 4.79 Å². The van der Waals surface area contributed by atoms with Crippen LogP contribution in [0.25, 0.3) is 5.73 Å². The number of amides is 1. The Labute approximate surface area is 202 Å². The van der Waals surface area contributed by atoms with Gasteiger partial charge in [0, 0.05) is 40.0 Å². The second-order valence-corrected chi connectivity index (χ2v) is 9.64. The maximum Gasteiger partial charge on any atom is 0.237 e. The minimum Gasteiger partial charge on any atom is -0.677 e. The third-order valence-electron chi connectivity index (χ3n) is 4.19. The first-order chi connectivity index (χ1) is 13.6. The fourth-order valence-electron chi connectivity index (χ4n) is 2.44. The van der Waals surface area contributed by atoms with Crippen molar-refractivity contribution in [2.45, 2.75) is 96.9 Å². The first-order valence-corrected chi connectivity index (χ1v) is 13.7. The van der Waals surface area contributed by atoms with Gasteiger partial charge in [0.25, 0.3) is 0 Å². The van der Waals surface area contributed by atoms with Gasteiger partial charge < -0.3 is 21.9 Å². The molecule has 0 heterocycles. The monoisotopic (exact) mass is 620 g/mol. The SMILES string of the molecule is CCCCCCCCNC(=O)C(N)CSSCC[NH-].CCCCCCCCO.[W]. The van der Waals surface area contributed by atoms with Gasteiger partial charge >= 0.3 is 0 Å². The van der Waals surface area contributed by atoms with Crippen molar-refractivity contribution in [2.75, 3.05) is 31.2 Å². The molecule has 0 radical (unpaired) electrons. The van der Waals surface area contributed by atoms with Crippen molar-refractivity contribution in [1.29, 1.82) is 0 Å². The van der Waals surface area contributed by atoms with Crippen LogP contribution in [0.1, 0.15) is 90.9 Å². The summed E-state index contributed by atoms with van der Waals surface area (Å²) in [5, 5.41) is 11.3. The molecule has 0 aliphatic rings. The summed E-state index contributed by atoms with van der Waals surface area (Å²) >= 11 is 0. The molecule has 1 amide bonds. The van der Waals surface area contributed by atoms with Crippen LogP contribution in [0.15, 0.2) is 0 Å². The van der Waals surface area contributed by atoms with Gasteiger partial charge in [0.1, 0.15) is 0 Å². The number of aliphatic hydroxyl groups is 1. The summed E-state index contributed by atoms with van der Waals surface area (Å²) in [7, 11) is 3.19. The predicted octanol–water partition coefficient (Wildman–Crippen LogP) is 5.56. The van der Waals surface area contributed by atoms with E-state index in [2.05, 4.69) is 19.2 Å². The number of aliphatic hydroxyl groups excluding tert-OH is 1. The van der Waals surface area contributed by atoms with E-state index in [9.17, 15) is 4.79 Å². The first kappa shape index (κ1) is 34.4. The Bertz CT molecular complexity index is 312. The van der Waals surface area contributed by atoms with Crippen molar-refractivity contribution in [3.05, 3.63) is 5.73 Å². The molecule has 0 saturated heterocycles. The molecule has 29 heavy (non-hydrogen) atoms. The minimum absolute atomic E-state index is 0. The average molecular weight is 621 g/mol.